The average Bonchev–Trinajstić information content (AvgIpc) is 2.29. The summed E-state index contributed by atoms with van der Waals surface area (Å²) >= 11 is 0. The molecule has 0 radical (unpaired) electrons. The second-order valence-electron chi connectivity index (χ2n) is 4.83. The van der Waals surface area contributed by atoms with Crippen LogP contribution in [0.15, 0.2) is 18.2 Å². The number of ether oxygens (including phenoxy) is 1. The van der Waals surface area contributed by atoms with Crippen molar-refractivity contribution >= 4 is 0 Å². The minimum absolute atomic E-state index is 0.374. The van der Waals surface area contributed by atoms with E-state index in [1.54, 1.807) is 0 Å². The number of benzene rings is 1. The summed E-state index contributed by atoms with van der Waals surface area (Å²) in [4.78, 5) is 0. The third kappa shape index (κ3) is 2.15. The summed E-state index contributed by atoms with van der Waals surface area (Å²) < 4.78 is 5.82. The molecule has 88 valence electrons. The molecule has 16 heavy (non-hydrogen) atoms. The van der Waals surface area contributed by atoms with Crippen molar-refractivity contribution < 1.29 is 4.74 Å². The molecule has 1 aromatic carbocycles. The monoisotopic (exact) mass is 218 g/mol. The van der Waals surface area contributed by atoms with Crippen LogP contribution in [0.25, 0.3) is 0 Å². The predicted octanol–water partition coefficient (Wildman–Crippen LogP) is 4.22. The van der Waals surface area contributed by atoms with Gasteiger partial charge >= 0.3 is 0 Å². The molecule has 2 unspecified atom stereocenters. The van der Waals surface area contributed by atoms with Gasteiger partial charge < -0.3 is 4.74 Å². The first-order valence-corrected chi connectivity index (χ1v) is 6.50. The SMILES string of the molecule is CCCOC1Cc2ccc(C(C)CC)cc21. The van der Waals surface area contributed by atoms with Crippen LogP contribution >= 0.6 is 0 Å². The lowest BCUT2D eigenvalue weighted by atomic mass is 9.82. The van der Waals surface area contributed by atoms with Crippen molar-refractivity contribution in [2.75, 3.05) is 6.61 Å². The van der Waals surface area contributed by atoms with Gasteiger partial charge in [-0.05, 0) is 35.4 Å². The van der Waals surface area contributed by atoms with E-state index >= 15 is 0 Å². The number of hydrogen-bond acceptors (Lipinski definition) is 1. The summed E-state index contributed by atoms with van der Waals surface area (Å²) in [5.41, 5.74) is 4.38. The number of hydrogen-bond donors (Lipinski definition) is 0. The van der Waals surface area contributed by atoms with E-state index in [-0.39, 0.29) is 0 Å². The summed E-state index contributed by atoms with van der Waals surface area (Å²) in [7, 11) is 0. The smallest absolute Gasteiger partial charge is 0.0868 e. The molecule has 0 spiro atoms. The van der Waals surface area contributed by atoms with Gasteiger partial charge in [0.05, 0.1) is 6.10 Å². The zero-order valence-corrected chi connectivity index (χ0v) is 10.6. The quantitative estimate of drug-likeness (QED) is 0.719. The Hall–Kier alpha value is -0.820. The highest BCUT2D eigenvalue weighted by Gasteiger charge is 2.27. The molecule has 0 aliphatic heterocycles. The van der Waals surface area contributed by atoms with Crippen molar-refractivity contribution in [2.45, 2.75) is 52.1 Å². The molecule has 0 bridgehead atoms. The van der Waals surface area contributed by atoms with Gasteiger partial charge in [-0.15, -0.1) is 0 Å². The van der Waals surface area contributed by atoms with Crippen LogP contribution in [0.5, 0.6) is 0 Å². The van der Waals surface area contributed by atoms with Crippen LogP contribution in [-0.4, -0.2) is 6.61 Å². The molecule has 0 saturated heterocycles. The Morgan fingerprint density at radius 3 is 2.88 bits per heavy atom. The third-order valence-corrected chi connectivity index (χ3v) is 3.63. The van der Waals surface area contributed by atoms with Gasteiger partial charge in [0, 0.05) is 13.0 Å². The standard InChI is InChI=1S/C15H22O/c1-4-8-16-15-10-13-7-6-12(9-14(13)15)11(3)5-2/h6-7,9,11,15H,4-5,8,10H2,1-3H3. The molecule has 0 amide bonds. The van der Waals surface area contributed by atoms with Crippen molar-refractivity contribution in [3.8, 4) is 0 Å². The van der Waals surface area contributed by atoms with Crippen LogP contribution in [-0.2, 0) is 11.2 Å². The Morgan fingerprint density at radius 1 is 1.38 bits per heavy atom. The lowest BCUT2D eigenvalue weighted by Crippen LogP contribution is -2.20. The van der Waals surface area contributed by atoms with Gasteiger partial charge in [0.1, 0.15) is 0 Å². The van der Waals surface area contributed by atoms with E-state index in [1.807, 2.05) is 0 Å². The van der Waals surface area contributed by atoms with Crippen LogP contribution in [0.1, 0.15) is 62.3 Å². The summed E-state index contributed by atoms with van der Waals surface area (Å²) in [6, 6.07) is 6.92. The minimum atomic E-state index is 0.374. The minimum Gasteiger partial charge on any atom is -0.373 e. The maximum atomic E-state index is 5.82. The van der Waals surface area contributed by atoms with Crippen molar-refractivity contribution in [1.82, 2.24) is 0 Å². The molecule has 0 heterocycles. The Kier molecular flexibility index (Phi) is 3.65. The molecule has 0 fully saturated rings. The Morgan fingerprint density at radius 2 is 2.19 bits per heavy atom. The van der Waals surface area contributed by atoms with Gasteiger partial charge in [-0.25, -0.2) is 0 Å². The highest BCUT2D eigenvalue weighted by molar-refractivity contribution is 5.42. The molecule has 2 atom stereocenters. The van der Waals surface area contributed by atoms with Gasteiger partial charge in [-0.2, -0.15) is 0 Å². The average molecular weight is 218 g/mol. The summed E-state index contributed by atoms with van der Waals surface area (Å²) in [5.74, 6) is 0.665. The molecular weight excluding hydrogens is 196 g/mol. The molecule has 2 rings (SSSR count). The van der Waals surface area contributed by atoms with E-state index in [0.29, 0.717) is 12.0 Å². The molecule has 1 aliphatic rings. The number of fused-ring (bicyclic) bond motifs is 1. The highest BCUT2D eigenvalue weighted by atomic mass is 16.5. The van der Waals surface area contributed by atoms with E-state index < -0.39 is 0 Å². The Bertz CT molecular complexity index is 356. The van der Waals surface area contributed by atoms with E-state index in [2.05, 4.69) is 39.0 Å². The molecule has 1 nitrogen and oxygen atoms in total. The van der Waals surface area contributed by atoms with Gasteiger partial charge in [-0.3, -0.25) is 0 Å². The summed E-state index contributed by atoms with van der Waals surface area (Å²) in [6.45, 7) is 7.59. The fourth-order valence-corrected chi connectivity index (χ4v) is 2.23. The second-order valence-corrected chi connectivity index (χ2v) is 4.83. The maximum absolute atomic E-state index is 5.82. The largest absolute Gasteiger partial charge is 0.373 e. The fraction of sp³-hybridized carbons (Fsp3) is 0.600. The molecular formula is C15H22O. The topological polar surface area (TPSA) is 9.23 Å². The van der Waals surface area contributed by atoms with Crippen LogP contribution < -0.4 is 0 Å². The Labute approximate surface area is 98.8 Å². The molecule has 1 aromatic rings. The predicted molar refractivity (Wildman–Crippen MR) is 67.8 cm³/mol. The van der Waals surface area contributed by atoms with Crippen molar-refractivity contribution in [2.24, 2.45) is 0 Å². The molecule has 1 aliphatic carbocycles. The van der Waals surface area contributed by atoms with E-state index in [4.69, 9.17) is 4.74 Å². The lowest BCUT2D eigenvalue weighted by molar-refractivity contribution is 0.0373. The third-order valence-electron chi connectivity index (χ3n) is 3.63. The molecule has 0 N–H and O–H groups in total. The van der Waals surface area contributed by atoms with Gasteiger partial charge in [0.2, 0.25) is 0 Å². The van der Waals surface area contributed by atoms with Gasteiger partial charge in [0.15, 0.2) is 0 Å². The lowest BCUT2D eigenvalue weighted by Gasteiger charge is -2.31. The maximum Gasteiger partial charge on any atom is 0.0868 e. The summed E-state index contributed by atoms with van der Waals surface area (Å²) in [5, 5.41) is 0. The zero-order valence-electron chi connectivity index (χ0n) is 10.6. The van der Waals surface area contributed by atoms with Crippen LogP contribution in [0, 0.1) is 0 Å². The first-order valence-electron chi connectivity index (χ1n) is 6.50. The van der Waals surface area contributed by atoms with Crippen LogP contribution in [0.4, 0.5) is 0 Å². The van der Waals surface area contributed by atoms with Crippen LogP contribution in [0.2, 0.25) is 0 Å². The van der Waals surface area contributed by atoms with E-state index in [9.17, 15) is 0 Å². The van der Waals surface area contributed by atoms with Crippen molar-refractivity contribution in [1.29, 1.82) is 0 Å². The molecule has 0 saturated carbocycles. The normalized spacial score (nSPS) is 20.1. The highest BCUT2D eigenvalue weighted by Crippen LogP contribution is 2.38. The molecule has 1 heteroatoms. The number of rotatable bonds is 5. The molecule has 0 aromatic heterocycles. The van der Waals surface area contributed by atoms with Crippen molar-refractivity contribution in [3.05, 3.63) is 34.9 Å². The second kappa shape index (κ2) is 5.01. The fourth-order valence-electron chi connectivity index (χ4n) is 2.23. The van der Waals surface area contributed by atoms with Gasteiger partial charge in [-0.1, -0.05) is 39.0 Å². The van der Waals surface area contributed by atoms with E-state index in [0.717, 1.165) is 19.4 Å². The zero-order chi connectivity index (χ0) is 11.5. The van der Waals surface area contributed by atoms with Gasteiger partial charge in [0.25, 0.3) is 0 Å². The van der Waals surface area contributed by atoms with Crippen LogP contribution in [0.3, 0.4) is 0 Å². The van der Waals surface area contributed by atoms with Crippen molar-refractivity contribution in [3.63, 3.8) is 0 Å². The van der Waals surface area contributed by atoms with E-state index in [1.165, 1.54) is 23.1 Å². The first-order chi connectivity index (χ1) is 7.76. The summed E-state index contributed by atoms with van der Waals surface area (Å²) in [6.07, 6.45) is 3.80. The first kappa shape index (κ1) is 11.7. The Balaban J connectivity index is 2.09.